The fraction of sp³-hybridized carbons (Fsp3) is 0.900. The molecule has 1 amide bonds. The van der Waals surface area contributed by atoms with Crippen molar-refractivity contribution in [3.8, 4) is 0 Å². The van der Waals surface area contributed by atoms with Crippen LogP contribution in [0.3, 0.4) is 0 Å². The summed E-state index contributed by atoms with van der Waals surface area (Å²) in [6, 6.07) is 0. The molecule has 72 valence electrons. The molecule has 0 saturated carbocycles. The van der Waals surface area contributed by atoms with Crippen LogP contribution < -0.4 is 5.32 Å². The van der Waals surface area contributed by atoms with Gasteiger partial charge < -0.3 is 5.32 Å². The van der Waals surface area contributed by atoms with Gasteiger partial charge in [0.2, 0.25) is 5.91 Å². The molecule has 2 nitrogen and oxygen atoms in total. The lowest BCUT2D eigenvalue weighted by atomic mass is 9.86. The predicted molar refractivity (Wildman–Crippen MR) is 52.0 cm³/mol. The molecule has 0 atom stereocenters. The highest BCUT2D eigenvalue weighted by molar-refractivity contribution is 5.81. The van der Waals surface area contributed by atoms with Gasteiger partial charge in [-0.2, -0.15) is 0 Å². The summed E-state index contributed by atoms with van der Waals surface area (Å²) in [5, 5.41) is 2.69. The largest absolute Gasteiger partial charge is 0.359 e. The number of nitrogens with one attached hydrogen (secondary N) is 1. The Bertz CT molecular complexity index is 141. The van der Waals surface area contributed by atoms with E-state index in [4.69, 9.17) is 0 Å². The summed E-state index contributed by atoms with van der Waals surface area (Å²) in [7, 11) is 1.70. The van der Waals surface area contributed by atoms with Crippen molar-refractivity contribution in [2.24, 2.45) is 5.41 Å². The topological polar surface area (TPSA) is 29.1 Å². The molecule has 0 aliphatic heterocycles. The average Bonchev–Trinajstić information content (AvgIpc) is 2.03. The highest BCUT2D eigenvalue weighted by atomic mass is 16.2. The minimum absolute atomic E-state index is 0.151. The molecule has 0 aromatic heterocycles. The number of carbonyl (C=O) groups excluding carboxylic acids is 1. The van der Waals surface area contributed by atoms with Crippen molar-refractivity contribution in [3.63, 3.8) is 0 Å². The third kappa shape index (κ3) is 3.74. The molecule has 0 aromatic carbocycles. The highest BCUT2D eigenvalue weighted by Gasteiger charge is 2.25. The van der Waals surface area contributed by atoms with Crippen molar-refractivity contribution < 1.29 is 4.79 Å². The van der Waals surface area contributed by atoms with Crippen molar-refractivity contribution in [1.29, 1.82) is 0 Å². The summed E-state index contributed by atoms with van der Waals surface area (Å²) < 4.78 is 0. The quantitative estimate of drug-likeness (QED) is 0.632. The van der Waals surface area contributed by atoms with Crippen molar-refractivity contribution in [1.82, 2.24) is 5.32 Å². The van der Waals surface area contributed by atoms with Crippen LogP contribution in [-0.4, -0.2) is 13.0 Å². The maximum absolute atomic E-state index is 11.3. The molecule has 0 fully saturated rings. The van der Waals surface area contributed by atoms with E-state index in [9.17, 15) is 4.79 Å². The summed E-state index contributed by atoms with van der Waals surface area (Å²) in [6.07, 6.45) is 4.57. The van der Waals surface area contributed by atoms with Gasteiger partial charge in [0.15, 0.2) is 0 Å². The second-order valence-electron chi connectivity index (χ2n) is 3.92. The van der Waals surface area contributed by atoms with Gasteiger partial charge >= 0.3 is 0 Å². The van der Waals surface area contributed by atoms with Gasteiger partial charge in [0.1, 0.15) is 0 Å². The summed E-state index contributed by atoms with van der Waals surface area (Å²) in [4.78, 5) is 11.3. The second kappa shape index (κ2) is 5.18. The zero-order chi connectivity index (χ0) is 9.61. The van der Waals surface area contributed by atoms with E-state index in [1.807, 2.05) is 13.8 Å². The molecular formula is C10H21NO. The molecule has 2 heteroatoms. The van der Waals surface area contributed by atoms with Crippen LogP contribution in [0.1, 0.15) is 46.5 Å². The Morgan fingerprint density at radius 1 is 1.33 bits per heavy atom. The summed E-state index contributed by atoms with van der Waals surface area (Å²) >= 11 is 0. The van der Waals surface area contributed by atoms with Gasteiger partial charge in [-0.25, -0.2) is 0 Å². The molecule has 0 heterocycles. The van der Waals surface area contributed by atoms with Crippen LogP contribution in [0.15, 0.2) is 0 Å². The third-order valence-electron chi connectivity index (χ3n) is 2.25. The van der Waals surface area contributed by atoms with Gasteiger partial charge in [-0.3, -0.25) is 4.79 Å². The lowest BCUT2D eigenvalue weighted by Gasteiger charge is -2.21. The fourth-order valence-electron chi connectivity index (χ4n) is 1.27. The first-order valence-electron chi connectivity index (χ1n) is 4.76. The Kier molecular flexibility index (Phi) is 4.95. The van der Waals surface area contributed by atoms with Gasteiger partial charge in [0.25, 0.3) is 0 Å². The smallest absolute Gasteiger partial charge is 0.225 e. The average molecular weight is 171 g/mol. The van der Waals surface area contributed by atoms with E-state index in [1.165, 1.54) is 12.8 Å². The van der Waals surface area contributed by atoms with Crippen LogP contribution in [-0.2, 0) is 4.79 Å². The normalized spacial score (nSPS) is 11.3. The number of hydrogen-bond donors (Lipinski definition) is 1. The maximum atomic E-state index is 11.3. The van der Waals surface area contributed by atoms with Crippen LogP contribution >= 0.6 is 0 Å². The van der Waals surface area contributed by atoms with E-state index < -0.39 is 0 Å². The van der Waals surface area contributed by atoms with Gasteiger partial charge in [0, 0.05) is 12.5 Å². The Morgan fingerprint density at radius 2 is 1.92 bits per heavy atom. The van der Waals surface area contributed by atoms with Crippen molar-refractivity contribution in [2.45, 2.75) is 46.5 Å². The lowest BCUT2D eigenvalue weighted by molar-refractivity contribution is -0.129. The van der Waals surface area contributed by atoms with Gasteiger partial charge in [-0.05, 0) is 6.42 Å². The highest BCUT2D eigenvalue weighted by Crippen LogP contribution is 2.23. The molecule has 0 unspecified atom stereocenters. The molecule has 0 spiro atoms. The number of hydrogen-bond acceptors (Lipinski definition) is 1. The van der Waals surface area contributed by atoms with Crippen molar-refractivity contribution >= 4 is 5.91 Å². The van der Waals surface area contributed by atoms with Gasteiger partial charge in [-0.15, -0.1) is 0 Å². The Hall–Kier alpha value is -0.530. The number of rotatable bonds is 5. The fourth-order valence-corrected chi connectivity index (χ4v) is 1.27. The summed E-state index contributed by atoms with van der Waals surface area (Å²) in [6.45, 7) is 6.18. The minimum atomic E-state index is -0.191. The molecule has 0 aromatic rings. The molecular weight excluding hydrogens is 150 g/mol. The molecule has 0 bridgehead atoms. The Labute approximate surface area is 75.7 Å². The number of carbonyl (C=O) groups is 1. The van der Waals surface area contributed by atoms with Crippen molar-refractivity contribution in [3.05, 3.63) is 0 Å². The molecule has 0 rings (SSSR count). The van der Waals surface area contributed by atoms with Gasteiger partial charge in [0.05, 0.1) is 0 Å². The summed E-state index contributed by atoms with van der Waals surface area (Å²) in [5.41, 5.74) is -0.191. The van der Waals surface area contributed by atoms with Crippen LogP contribution in [0.25, 0.3) is 0 Å². The van der Waals surface area contributed by atoms with E-state index in [0.717, 1.165) is 12.8 Å². The zero-order valence-electron chi connectivity index (χ0n) is 8.74. The van der Waals surface area contributed by atoms with Crippen LogP contribution in [0, 0.1) is 5.41 Å². The predicted octanol–water partition coefficient (Wildman–Crippen LogP) is 2.34. The Morgan fingerprint density at radius 3 is 2.33 bits per heavy atom. The van der Waals surface area contributed by atoms with E-state index in [1.54, 1.807) is 7.05 Å². The Balaban J connectivity index is 3.78. The van der Waals surface area contributed by atoms with E-state index in [0.29, 0.717) is 0 Å². The lowest BCUT2D eigenvalue weighted by Crippen LogP contribution is -2.34. The maximum Gasteiger partial charge on any atom is 0.225 e. The molecule has 0 aliphatic carbocycles. The first-order valence-corrected chi connectivity index (χ1v) is 4.76. The standard InChI is InChI=1S/C10H21NO/c1-5-6-7-8-10(2,3)9(12)11-4/h5-8H2,1-4H3,(H,11,12). The summed E-state index contributed by atoms with van der Waals surface area (Å²) in [5.74, 6) is 0.151. The van der Waals surface area contributed by atoms with E-state index in [2.05, 4.69) is 12.2 Å². The second-order valence-corrected chi connectivity index (χ2v) is 3.92. The first-order chi connectivity index (χ1) is 5.54. The molecule has 0 aliphatic rings. The van der Waals surface area contributed by atoms with Gasteiger partial charge in [-0.1, -0.05) is 40.0 Å². The molecule has 0 radical (unpaired) electrons. The monoisotopic (exact) mass is 171 g/mol. The first kappa shape index (κ1) is 11.5. The SMILES string of the molecule is CCCCCC(C)(C)C(=O)NC. The third-order valence-corrected chi connectivity index (χ3v) is 2.25. The minimum Gasteiger partial charge on any atom is -0.359 e. The van der Waals surface area contributed by atoms with Crippen LogP contribution in [0.2, 0.25) is 0 Å². The number of amides is 1. The molecule has 12 heavy (non-hydrogen) atoms. The van der Waals surface area contributed by atoms with E-state index in [-0.39, 0.29) is 11.3 Å². The molecule has 1 N–H and O–H groups in total. The zero-order valence-corrected chi connectivity index (χ0v) is 8.74. The molecule has 0 saturated heterocycles. The van der Waals surface area contributed by atoms with Crippen molar-refractivity contribution in [2.75, 3.05) is 7.05 Å². The van der Waals surface area contributed by atoms with E-state index >= 15 is 0 Å². The number of unbranched alkanes of at least 4 members (excludes halogenated alkanes) is 2. The van der Waals surface area contributed by atoms with Crippen LogP contribution in [0.5, 0.6) is 0 Å². The van der Waals surface area contributed by atoms with Crippen LogP contribution in [0.4, 0.5) is 0 Å².